The Balaban J connectivity index is 1.31. The van der Waals surface area contributed by atoms with Gasteiger partial charge in [0, 0.05) is 15.4 Å². The smallest absolute Gasteiger partial charge is 0.413 e. The Hall–Kier alpha value is -3.11. The Bertz CT molecular complexity index is 1570. The van der Waals surface area contributed by atoms with Gasteiger partial charge in [-0.2, -0.15) is 0 Å². The van der Waals surface area contributed by atoms with Crippen molar-refractivity contribution in [2.24, 2.45) is 0 Å². The second kappa shape index (κ2) is 11.9. The van der Waals surface area contributed by atoms with Crippen molar-refractivity contribution in [3.05, 3.63) is 88.4 Å². The highest BCUT2D eigenvalue weighted by atomic mass is 35.5. The van der Waals surface area contributed by atoms with Gasteiger partial charge in [-0.3, -0.25) is 4.90 Å². The molecule has 0 N–H and O–H groups in total. The fourth-order valence-electron chi connectivity index (χ4n) is 4.71. The molecule has 0 saturated carbocycles. The number of benzene rings is 3. The molecule has 1 aromatic heterocycles. The molecule has 7 nitrogen and oxygen atoms in total. The van der Waals surface area contributed by atoms with Gasteiger partial charge in [-0.15, -0.1) is 10.2 Å². The second-order valence-corrected chi connectivity index (χ2v) is 14.3. The van der Waals surface area contributed by atoms with Crippen molar-refractivity contribution in [1.29, 1.82) is 0 Å². The third-order valence-electron chi connectivity index (χ3n) is 6.66. The highest BCUT2D eigenvalue weighted by Gasteiger charge is 2.55. The number of aromatic nitrogens is 2. The number of ether oxygens (including phenoxy) is 3. The monoisotopic (exact) mass is 623 g/mol. The number of halogens is 1. The summed E-state index contributed by atoms with van der Waals surface area (Å²) in [6, 6.07) is 24.0. The van der Waals surface area contributed by atoms with E-state index in [0.29, 0.717) is 21.6 Å². The fourth-order valence-corrected chi connectivity index (χ4v) is 7.02. The summed E-state index contributed by atoms with van der Waals surface area (Å²) >= 11 is 9.77. The standard InChI is InChI=1S/C32H34ClN3O4S2/c1-30(2,3)40-29(37)36-31(4,5)39-20-32(36,6)28-35-34-27(42-28)25-16-15-24(18-26(25)33)41-23-14-10-13-22(17-23)38-19-21-11-8-7-9-12-21/h7-18H,19-20H2,1-6H3/t32-/m1/s1. The van der Waals surface area contributed by atoms with Crippen LogP contribution in [0.3, 0.4) is 0 Å². The zero-order chi connectivity index (χ0) is 30.1. The Morgan fingerprint density at radius 1 is 1.02 bits per heavy atom. The number of hydrogen-bond donors (Lipinski definition) is 0. The quantitative estimate of drug-likeness (QED) is 0.204. The van der Waals surface area contributed by atoms with E-state index >= 15 is 0 Å². The number of amides is 1. The van der Waals surface area contributed by atoms with E-state index in [0.717, 1.165) is 26.7 Å². The molecule has 1 saturated heterocycles. The summed E-state index contributed by atoms with van der Waals surface area (Å²) in [5.74, 6) is 0.806. The molecule has 0 aliphatic carbocycles. The summed E-state index contributed by atoms with van der Waals surface area (Å²) in [6.45, 7) is 11.9. The van der Waals surface area contributed by atoms with Gasteiger partial charge >= 0.3 is 6.09 Å². The first-order valence-corrected chi connectivity index (χ1v) is 15.6. The van der Waals surface area contributed by atoms with Crippen LogP contribution in [0.2, 0.25) is 5.02 Å². The van der Waals surface area contributed by atoms with Gasteiger partial charge in [-0.25, -0.2) is 4.79 Å². The van der Waals surface area contributed by atoms with E-state index in [1.807, 2.05) is 114 Å². The first kappa shape index (κ1) is 30.4. The van der Waals surface area contributed by atoms with Gasteiger partial charge in [0.2, 0.25) is 0 Å². The molecule has 1 fully saturated rings. The molecular formula is C32H34ClN3O4S2. The summed E-state index contributed by atoms with van der Waals surface area (Å²) in [5, 5.41) is 10.8. The highest BCUT2D eigenvalue weighted by molar-refractivity contribution is 7.99. The predicted octanol–water partition coefficient (Wildman–Crippen LogP) is 8.81. The third-order valence-corrected chi connectivity index (χ3v) is 9.16. The van der Waals surface area contributed by atoms with Crippen molar-refractivity contribution in [3.8, 4) is 16.3 Å². The zero-order valence-electron chi connectivity index (χ0n) is 24.5. The molecule has 0 bridgehead atoms. The van der Waals surface area contributed by atoms with Gasteiger partial charge in [0.15, 0.2) is 0 Å². The number of rotatable bonds is 7. The van der Waals surface area contributed by atoms with Crippen molar-refractivity contribution in [3.63, 3.8) is 0 Å². The van der Waals surface area contributed by atoms with Crippen LogP contribution in [-0.4, -0.2) is 39.1 Å². The molecule has 0 radical (unpaired) electrons. The lowest BCUT2D eigenvalue weighted by atomic mass is 10.0. The Morgan fingerprint density at radius 2 is 1.76 bits per heavy atom. The van der Waals surface area contributed by atoms with E-state index in [4.69, 9.17) is 25.8 Å². The second-order valence-electron chi connectivity index (χ2n) is 11.7. The molecule has 3 aromatic carbocycles. The summed E-state index contributed by atoms with van der Waals surface area (Å²) in [4.78, 5) is 16.9. The van der Waals surface area contributed by atoms with Crippen molar-refractivity contribution in [2.45, 2.75) is 74.8 Å². The van der Waals surface area contributed by atoms with E-state index in [1.54, 1.807) is 16.7 Å². The van der Waals surface area contributed by atoms with E-state index in [9.17, 15) is 4.79 Å². The minimum Gasteiger partial charge on any atom is -0.489 e. The molecule has 42 heavy (non-hydrogen) atoms. The van der Waals surface area contributed by atoms with E-state index in [1.165, 1.54) is 11.3 Å². The van der Waals surface area contributed by atoms with Gasteiger partial charge in [0.05, 0.1) is 11.6 Å². The average Bonchev–Trinajstić information content (AvgIpc) is 3.51. The van der Waals surface area contributed by atoms with Crippen molar-refractivity contribution < 1.29 is 19.0 Å². The SMILES string of the molecule is CC(C)(C)OC(=O)N1C(C)(C)OC[C@]1(C)c1nnc(-c2ccc(Sc3cccc(OCc4ccccc4)c3)cc2Cl)s1. The number of hydrogen-bond acceptors (Lipinski definition) is 8. The molecule has 0 unspecified atom stereocenters. The molecule has 1 aliphatic rings. The van der Waals surface area contributed by atoms with E-state index in [2.05, 4.69) is 10.2 Å². The molecule has 10 heteroatoms. The summed E-state index contributed by atoms with van der Waals surface area (Å²) in [6.07, 6.45) is -0.460. The Labute approximate surface area is 260 Å². The number of carbonyl (C=O) groups is 1. The predicted molar refractivity (Wildman–Crippen MR) is 167 cm³/mol. The maximum Gasteiger partial charge on any atom is 0.413 e. The minimum absolute atomic E-state index is 0.269. The Kier molecular flexibility index (Phi) is 8.58. The summed E-state index contributed by atoms with van der Waals surface area (Å²) in [7, 11) is 0. The van der Waals surface area contributed by atoms with Crippen LogP contribution in [0, 0.1) is 0 Å². The zero-order valence-corrected chi connectivity index (χ0v) is 26.9. The maximum absolute atomic E-state index is 13.3. The molecule has 220 valence electrons. The lowest BCUT2D eigenvalue weighted by Gasteiger charge is -2.39. The van der Waals surface area contributed by atoms with Crippen LogP contribution in [0.25, 0.3) is 10.6 Å². The molecule has 1 aliphatic heterocycles. The molecule has 5 rings (SSSR count). The Morgan fingerprint density at radius 3 is 2.48 bits per heavy atom. The molecule has 1 amide bonds. The van der Waals surface area contributed by atoms with Crippen LogP contribution in [0.1, 0.15) is 52.1 Å². The van der Waals surface area contributed by atoms with Crippen LogP contribution in [0.4, 0.5) is 4.79 Å². The molecular weight excluding hydrogens is 590 g/mol. The van der Waals surface area contributed by atoms with Crippen LogP contribution in [0.15, 0.2) is 82.6 Å². The molecule has 2 heterocycles. The lowest BCUT2D eigenvalue weighted by molar-refractivity contribution is -0.0685. The van der Waals surface area contributed by atoms with Crippen LogP contribution >= 0.6 is 34.7 Å². The average molecular weight is 624 g/mol. The molecule has 1 atom stereocenters. The van der Waals surface area contributed by atoms with E-state index in [-0.39, 0.29) is 6.61 Å². The van der Waals surface area contributed by atoms with Crippen molar-refractivity contribution in [2.75, 3.05) is 6.61 Å². The largest absolute Gasteiger partial charge is 0.489 e. The van der Waals surface area contributed by atoms with Crippen LogP contribution in [-0.2, 0) is 21.6 Å². The van der Waals surface area contributed by atoms with Gasteiger partial charge in [0.1, 0.15) is 39.2 Å². The summed E-state index contributed by atoms with van der Waals surface area (Å²) in [5.41, 5.74) is -0.475. The van der Waals surface area contributed by atoms with E-state index < -0.39 is 23.0 Å². The normalized spacial score (nSPS) is 18.2. The van der Waals surface area contributed by atoms with Gasteiger partial charge in [0.25, 0.3) is 0 Å². The first-order chi connectivity index (χ1) is 19.8. The van der Waals surface area contributed by atoms with Gasteiger partial charge in [-0.05, 0) is 83.5 Å². The van der Waals surface area contributed by atoms with Crippen molar-refractivity contribution in [1.82, 2.24) is 15.1 Å². The highest BCUT2D eigenvalue weighted by Crippen LogP contribution is 2.45. The number of carbonyl (C=O) groups excluding carboxylic acids is 1. The first-order valence-electron chi connectivity index (χ1n) is 13.6. The lowest BCUT2D eigenvalue weighted by Crippen LogP contribution is -2.54. The van der Waals surface area contributed by atoms with Crippen LogP contribution < -0.4 is 4.74 Å². The van der Waals surface area contributed by atoms with Gasteiger partial charge < -0.3 is 14.2 Å². The number of nitrogens with zero attached hydrogens (tertiary/aromatic N) is 3. The topological polar surface area (TPSA) is 73.8 Å². The van der Waals surface area contributed by atoms with Crippen molar-refractivity contribution >= 4 is 40.8 Å². The third kappa shape index (κ3) is 6.75. The maximum atomic E-state index is 13.3. The minimum atomic E-state index is -0.872. The molecule has 4 aromatic rings. The molecule has 0 spiro atoms. The fraction of sp³-hybridized carbons (Fsp3) is 0.344. The summed E-state index contributed by atoms with van der Waals surface area (Å²) < 4.78 is 17.7. The van der Waals surface area contributed by atoms with Gasteiger partial charge in [-0.1, -0.05) is 71.1 Å². The van der Waals surface area contributed by atoms with Crippen LogP contribution in [0.5, 0.6) is 5.75 Å².